The first-order chi connectivity index (χ1) is 8.42. The van der Waals surface area contributed by atoms with E-state index in [1.54, 1.807) is 0 Å². The summed E-state index contributed by atoms with van der Waals surface area (Å²) in [5, 5.41) is 0. The van der Waals surface area contributed by atoms with Crippen LogP contribution < -0.4 is 0 Å². The molecule has 0 heterocycles. The maximum Gasteiger partial charge on any atom is 0.460 e. The van der Waals surface area contributed by atoms with Gasteiger partial charge < -0.3 is 0 Å². The molecule has 0 bridgehead atoms. The quantitative estimate of drug-likeness (QED) is 0.318. The van der Waals surface area contributed by atoms with E-state index in [0.29, 0.717) is 0 Å². The highest BCUT2D eigenvalue weighted by atomic mass is 127. The molecular formula is C8H6F11I. The molecule has 0 N–H and O–H groups in total. The van der Waals surface area contributed by atoms with Crippen LogP contribution >= 0.6 is 22.6 Å². The fourth-order valence-corrected chi connectivity index (χ4v) is 1.84. The van der Waals surface area contributed by atoms with Crippen molar-refractivity contribution in [1.29, 1.82) is 0 Å². The Hall–Kier alpha value is -0.0400. The molecule has 0 aliphatic carbocycles. The maximum absolute atomic E-state index is 13.5. The Kier molecular flexibility index (Phi) is 5.29. The van der Waals surface area contributed by atoms with Gasteiger partial charge in [-0.2, -0.15) is 43.9 Å². The third-order valence-corrected chi connectivity index (χ3v) is 2.70. The molecule has 0 nitrogen and oxygen atoms in total. The summed E-state index contributed by atoms with van der Waals surface area (Å²) >= 11 is 0.997. The summed E-state index contributed by atoms with van der Waals surface area (Å²) in [6.45, 7) is 0.752. The van der Waals surface area contributed by atoms with Crippen LogP contribution in [0.3, 0.4) is 0 Å². The highest BCUT2D eigenvalue weighted by Gasteiger charge is 2.86. The molecule has 0 aromatic rings. The molecule has 0 saturated carbocycles. The number of hydrogen-bond donors (Lipinski definition) is 0. The standard InChI is InChI=1S/C8H6F11I/c1-3(20)2-4(9,7(14,15)16)5(10,11)6(12,13)8(17,18)19/h3H,2H2,1H3. The van der Waals surface area contributed by atoms with Crippen molar-refractivity contribution in [3.63, 3.8) is 0 Å². The SMILES string of the molecule is CC(I)CC(F)(C(F)(F)F)C(F)(F)C(F)(F)C(F)(F)F. The van der Waals surface area contributed by atoms with Crippen molar-refractivity contribution in [3.05, 3.63) is 0 Å². The fourth-order valence-electron chi connectivity index (χ4n) is 1.24. The number of rotatable bonds is 4. The Labute approximate surface area is 118 Å². The van der Waals surface area contributed by atoms with Gasteiger partial charge in [0.2, 0.25) is 0 Å². The van der Waals surface area contributed by atoms with Crippen molar-refractivity contribution in [2.45, 2.75) is 47.1 Å². The molecule has 0 rings (SSSR count). The minimum atomic E-state index is -7.17. The van der Waals surface area contributed by atoms with Gasteiger partial charge in [0.05, 0.1) is 0 Å². The van der Waals surface area contributed by atoms with Gasteiger partial charge >= 0.3 is 24.2 Å². The second-order valence-corrected chi connectivity index (χ2v) is 6.06. The first-order valence-electron chi connectivity index (χ1n) is 4.64. The summed E-state index contributed by atoms with van der Waals surface area (Å²) in [5.41, 5.74) is -6.01. The lowest BCUT2D eigenvalue weighted by atomic mass is 9.87. The summed E-state index contributed by atoms with van der Waals surface area (Å²) in [6.07, 6.45) is -15.9. The molecule has 0 aromatic heterocycles. The van der Waals surface area contributed by atoms with Crippen LogP contribution in [0.15, 0.2) is 0 Å². The highest BCUT2D eigenvalue weighted by Crippen LogP contribution is 2.58. The molecule has 0 fully saturated rings. The summed E-state index contributed by atoms with van der Waals surface area (Å²) in [5.74, 6) is -14.2. The van der Waals surface area contributed by atoms with Gasteiger partial charge in [-0.15, -0.1) is 0 Å². The molecule has 0 amide bonds. The average molecular weight is 438 g/mol. The highest BCUT2D eigenvalue weighted by molar-refractivity contribution is 14.1. The molecule has 122 valence electrons. The summed E-state index contributed by atoms with van der Waals surface area (Å²) in [7, 11) is 0. The Morgan fingerprint density at radius 1 is 0.700 bits per heavy atom. The van der Waals surface area contributed by atoms with Gasteiger partial charge in [-0.25, -0.2) is 4.39 Å². The van der Waals surface area contributed by atoms with Crippen molar-refractivity contribution in [3.8, 4) is 0 Å². The zero-order valence-electron chi connectivity index (χ0n) is 9.32. The van der Waals surface area contributed by atoms with Gasteiger partial charge in [-0.1, -0.05) is 29.5 Å². The lowest BCUT2D eigenvalue weighted by Crippen LogP contribution is -2.67. The van der Waals surface area contributed by atoms with E-state index in [-0.39, 0.29) is 0 Å². The molecule has 2 unspecified atom stereocenters. The molecule has 0 spiro atoms. The molecule has 0 aromatic carbocycles. The topological polar surface area (TPSA) is 0 Å². The van der Waals surface area contributed by atoms with Crippen molar-refractivity contribution < 1.29 is 48.3 Å². The largest absolute Gasteiger partial charge is 0.460 e. The van der Waals surface area contributed by atoms with E-state index < -0.39 is 40.2 Å². The summed E-state index contributed by atoms with van der Waals surface area (Å²) in [4.78, 5) is 0. The van der Waals surface area contributed by atoms with Gasteiger partial charge in [-0.3, -0.25) is 0 Å². The van der Waals surface area contributed by atoms with Crippen molar-refractivity contribution in [2.75, 3.05) is 0 Å². The minimum Gasteiger partial charge on any atom is -0.227 e. The first-order valence-corrected chi connectivity index (χ1v) is 5.88. The maximum atomic E-state index is 13.5. The predicted molar refractivity (Wildman–Crippen MR) is 53.9 cm³/mol. The molecule has 0 aliphatic rings. The Bertz CT molecular complexity index is 341. The van der Waals surface area contributed by atoms with Crippen molar-refractivity contribution >= 4 is 22.6 Å². The number of hydrogen-bond acceptors (Lipinski definition) is 0. The lowest BCUT2D eigenvalue weighted by molar-refractivity contribution is -0.412. The van der Waals surface area contributed by atoms with E-state index in [2.05, 4.69) is 0 Å². The van der Waals surface area contributed by atoms with Gasteiger partial charge in [0.15, 0.2) is 0 Å². The molecule has 20 heavy (non-hydrogen) atoms. The Morgan fingerprint density at radius 3 is 1.25 bits per heavy atom. The van der Waals surface area contributed by atoms with Crippen LogP contribution in [0.4, 0.5) is 48.3 Å². The summed E-state index contributed by atoms with van der Waals surface area (Å²) < 4.78 is 136. The average Bonchev–Trinajstić information content (AvgIpc) is 2.11. The Morgan fingerprint density at radius 2 is 1.05 bits per heavy atom. The predicted octanol–water partition coefficient (Wildman–Crippen LogP) is 5.30. The van der Waals surface area contributed by atoms with E-state index in [9.17, 15) is 48.3 Å². The summed E-state index contributed by atoms with van der Waals surface area (Å²) in [6, 6.07) is 0. The molecular weight excluding hydrogens is 432 g/mol. The zero-order chi connectivity index (χ0) is 16.8. The molecule has 0 saturated heterocycles. The van der Waals surface area contributed by atoms with Crippen LogP contribution in [0.1, 0.15) is 13.3 Å². The lowest BCUT2D eigenvalue weighted by Gasteiger charge is -2.39. The zero-order valence-corrected chi connectivity index (χ0v) is 11.5. The van der Waals surface area contributed by atoms with Crippen LogP contribution in [0, 0.1) is 0 Å². The molecule has 12 heteroatoms. The third kappa shape index (κ3) is 3.08. The third-order valence-electron chi connectivity index (χ3n) is 2.26. The number of halogens is 12. The molecule has 0 aliphatic heterocycles. The van der Waals surface area contributed by atoms with Crippen LogP contribution in [-0.2, 0) is 0 Å². The van der Waals surface area contributed by atoms with Crippen LogP contribution in [0.2, 0.25) is 0 Å². The molecule has 2 atom stereocenters. The monoisotopic (exact) mass is 438 g/mol. The van der Waals surface area contributed by atoms with Gasteiger partial charge in [0.1, 0.15) is 0 Å². The van der Waals surface area contributed by atoms with Gasteiger partial charge in [0, 0.05) is 10.3 Å². The second-order valence-electron chi connectivity index (χ2n) is 3.93. The van der Waals surface area contributed by atoms with Gasteiger partial charge in [0.25, 0.3) is 5.67 Å². The smallest absolute Gasteiger partial charge is 0.227 e. The normalized spacial score (nSPS) is 19.6. The van der Waals surface area contributed by atoms with Gasteiger partial charge in [-0.05, 0) is 0 Å². The van der Waals surface area contributed by atoms with E-state index in [1.807, 2.05) is 0 Å². The second kappa shape index (κ2) is 5.30. The molecule has 0 radical (unpaired) electrons. The van der Waals surface area contributed by atoms with E-state index in [4.69, 9.17) is 0 Å². The van der Waals surface area contributed by atoms with Crippen LogP contribution in [-0.4, -0.2) is 33.8 Å². The van der Waals surface area contributed by atoms with E-state index in [1.165, 1.54) is 0 Å². The number of alkyl halides is 12. The van der Waals surface area contributed by atoms with Crippen molar-refractivity contribution in [2.24, 2.45) is 0 Å². The first kappa shape index (κ1) is 20.0. The van der Waals surface area contributed by atoms with E-state index in [0.717, 1.165) is 29.5 Å². The minimum absolute atomic E-state index is 0.752. The Balaban J connectivity index is 6.06. The van der Waals surface area contributed by atoms with E-state index >= 15 is 0 Å². The fraction of sp³-hybridized carbons (Fsp3) is 1.00. The van der Waals surface area contributed by atoms with Crippen LogP contribution in [0.25, 0.3) is 0 Å². The van der Waals surface area contributed by atoms with Crippen molar-refractivity contribution in [1.82, 2.24) is 0 Å². The van der Waals surface area contributed by atoms with Crippen LogP contribution in [0.5, 0.6) is 0 Å².